The highest BCUT2D eigenvalue weighted by molar-refractivity contribution is 6.24. The minimum absolute atomic E-state index is 0.0852. The standard InChI is InChI=1S/C17H25N3O/c1-11(18)15(12(2)19-6)16(21)20-14-9-7-13(8-10-14)17(3,4)5/h7-10,18-19H,1-6H3,(H,20,21)/b15-12+,18-11?. The van der Waals surface area contributed by atoms with Crippen molar-refractivity contribution in [2.75, 3.05) is 12.4 Å². The summed E-state index contributed by atoms with van der Waals surface area (Å²) in [6.45, 7) is 9.84. The van der Waals surface area contributed by atoms with E-state index < -0.39 is 0 Å². The van der Waals surface area contributed by atoms with E-state index in [4.69, 9.17) is 5.41 Å². The fourth-order valence-corrected chi connectivity index (χ4v) is 1.99. The van der Waals surface area contributed by atoms with Gasteiger partial charge in [-0.15, -0.1) is 0 Å². The number of hydrogen-bond acceptors (Lipinski definition) is 3. The second kappa shape index (κ2) is 6.57. The quantitative estimate of drug-likeness (QED) is 0.586. The van der Waals surface area contributed by atoms with E-state index >= 15 is 0 Å². The first kappa shape index (κ1) is 17.0. The van der Waals surface area contributed by atoms with Crippen LogP contribution in [0, 0.1) is 5.41 Å². The Kier molecular flexibility index (Phi) is 5.30. The number of rotatable bonds is 4. The van der Waals surface area contributed by atoms with Crippen molar-refractivity contribution in [3.63, 3.8) is 0 Å². The Balaban J connectivity index is 2.96. The monoisotopic (exact) mass is 287 g/mol. The first-order chi connectivity index (χ1) is 9.66. The third-order valence-corrected chi connectivity index (χ3v) is 3.36. The van der Waals surface area contributed by atoms with E-state index in [1.165, 1.54) is 5.56 Å². The molecule has 4 heteroatoms. The highest BCUT2D eigenvalue weighted by Crippen LogP contribution is 2.23. The Morgan fingerprint density at radius 3 is 2.00 bits per heavy atom. The lowest BCUT2D eigenvalue weighted by Crippen LogP contribution is -2.23. The summed E-state index contributed by atoms with van der Waals surface area (Å²) in [4.78, 5) is 12.3. The van der Waals surface area contributed by atoms with Gasteiger partial charge in [0.05, 0.1) is 5.57 Å². The van der Waals surface area contributed by atoms with Crippen LogP contribution in [0.2, 0.25) is 0 Å². The number of anilines is 1. The number of carbonyl (C=O) groups is 1. The van der Waals surface area contributed by atoms with Gasteiger partial charge in [0.2, 0.25) is 0 Å². The molecule has 21 heavy (non-hydrogen) atoms. The van der Waals surface area contributed by atoms with Crippen molar-refractivity contribution in [3.05, 3.63) is 41.1 Å². The minimum atomic E-state index is -0.266. The van der Waals surface area contributed by atoms with Crippen LogP contribution in [0.4, 0.5) is 5.69 Å². The molecule has 0 aromatic heterocycles. The van der Waals surface area contributed by atoms with Gasteiger partial charge >= 0.3 is 0 Å². The van der Waals surface area contributed by atoms with Crippen LogP contribution < -0.4 is 10.6 Å². The number of hydrogen-bond donors (Lipinski definition) is 3. The number of amides is 1. The van der Waals surface area contributed by atoms with Crippen LogP contribution in [0.1, 0.15) is 40.2 Å². The maximum absolute atomic E-state index is 12.3. The van der Waals surface area contributed by atoms with E-state index in [1.54, 1.807) is 20.9 Å². The van der Waals surface area contributed by atoms with E-state index in [0.29, 0.717) is 11.3 Å². The Bertz CT molecular complexity index is 563. The van der Waals surface area contributed by atoms with Crippen molar-refractivity contribution in [2.45, 2.75) is 40.0 Å². The predicted molar refractivity (Wildman–Crippen MR) is 88.9 cm³/mol. The summed E-state index contributed by atoms with van der Waals surface area (Å²) in [6.07, 6.45) is 0. The fourth-order valence-electron chi connectivity index (χ4n) is 1.99. The largest absolute Gasteiger partial charge is 0.391 e. The first-order valence-electron chi connectivity index (χ1n) is 7.03. The average molecular weight is 287 g/mol. The van der Waals surface area contributed by atoms with Gasteiger partial charge < -0.3 is 16.0 Å². The molecule has 0 radical (unpaired) electrons. The molecule has 0 fully saturated rings. The Labute approximate surface area is 127 Å². The van der Waals surface area contributed by atoms with Gasteiger partial charge in [-0.2, -0.15) is 0 Å². The lowest BCUT2D eigenvalue weighted by molar-refractivity contribution is -0.112. The molecule has 1 aromatic rings. The smallest absolute Gasteiger partial charge is 0.259 e. The molecule has 1 aromatic carbocycles. The maximum atomic E-state index is 12.3. The second-order valence-corrected chi connectivity index (χ2v) is 6.16. The molecule has 0 saturated heterocycles. The molecule has 0 bridgehead atoms. The van der Waals surface area contributed by atoms with Crippen molar-refractivity contribution in [1.82, 2.24) is 5.32 Å². The summed E-state index contributed by atoms with van der Waals surface area (Å²) in [5.41, 5.74) is 3.33. The molecule has 0 heterocycles. The van der Waals surface area contributed by atoms with Gasteiger partial charge in [-0.25, -0.2) is 0 Å². The molecule has 1 rings (SSSR count). The first-order valence-corrected chi connectivity index (χ1v) is 7.03. The van der Waals surface area contributed by atoms with Crippen LogP contribution >= 0.6 is 0 Å². The summed E-state index contributed by atoms with van der Waals surface area (Å²) in [5, 5.41) is 13.5. The van der Waals surface area contributed by atoms with E-state index in [1.807, 2.05) is 24.3 Å². The van der Waals surface area contributed by atoms with Crippen LogP contribution in [0.15, 0.2) is 35.5 Å². The van der Waals surface area contributed by atoms with Gasteiger partial charge in [0, 0.05) is 24.1 Å². The lowest BCUT2D eigenvalue weighted by Gasteiger charge is -2.19. The zero-order valence-electron chi connectivity index (χ0n) is 13.7. The molecule has 0 aliphatic rings. The summed E-state index contributed by atoms with van der Waals surface area (Å²) in [6, 6.07) is 7.82. The maximum Gasteiger partial charge on any atom is 0.259 e. The highest BCUT2D eigenvalue weighted by Gasteiger charge is 2.16. The molecule has 3 N–H and O–H groups in total. The van der Waals surface area contributed by atoms with Gasteiger partial charge in [0.1, 0.15) is 0 Å². The van der Waals surface area contributed by atoms with E-state index in [9.17, 15) is 4.79 Å². The summed E-state index contributed by atoms with van der Waals surface area (Å²) >= 11 is 0. The Morgan fingerprint density at radius 1 is 1.10 bits per heavy atom. The van der Waals surface area contributed by atoms with Crippen LogP contribution in [-0.4, -0.2) is 18.7 Å². The molecular formula is C17H25N3O. The van der Waals surface area contributed by atoms with E-state index in [2.05, 4.69) is 31.4 Å². The molecule has 0 atom stereocenters. The fraction of sp³-hybridized carbons (Fsp3) is 0.412. The zero-order valence-corrected chi connectivity index (χ0v) is 13.7. The SMILES string of the molecule is CN/C(C)=C(\C(C)=N)C(=O)Nc1ccc(C(C)(C)C)cc1. The molecule has 0 aliphatic carbocycles. The van der Waals surface area contributed by atoms with Crippen molar-refractivity contribution in [3.8, 4) is 0 Å². The molecule has 4 nitrogen and oxygen atoms in total. The van der Waals surface area contributed by atoms with Gasteiger partial charge in [-0.3, -0.25) is 4.79 Å². The van der Waals surface area contributed by atoms with Gasteiger partial charge in [-0.1, -0.05) is 32.9 Å². The number of allylic oxidation sites excluding steroid dienone is 1. The Morgan fingerprint density at radius 2 is 1.62 bits per heavy atom. The average Bonchev–Trinajstić information content (AvgIpc) is 2.37. The third-order valence-electron chi connectivity index (χ3n) is 3.36. The van der Waals surface area contributed by atoms with Crippen LogP contribution in [0.5, 0.6) is 0 Å². The molecule has 1 amide bonds. The normalized spacial score (nSPS) is 12.5. The second-order valence-electron chi connectivity index (χ2n) is 6.16. The predicted octanol–water partition coefficient (Wildman–Crippen LogP) is 3.46. The molecule has 114 valence electrons. The van der Waals surface area contributed by atoms with E-state index in [-0.39, 0.29) is 17.0 Å². The Hall–Kier alpha value is -2.10. The number of nitrogens with one attached hydrogen (secondary N) is 3. The third kappa shape index (κ3) is 4.45. The molecule has 0 saturated carbocycles. The molecule has 0 aliphatic heterocycles. The number of benzene rings is 1. The van der Waals surface area contributed by atoms with Crippen LogP contribution in [0.3, 0.4) is 0 Å². The topological polar surface area (TPSA) is 65.0 Å². The van der Waals surface area contributed by atoms with Crippen molar-refractivity contribution < 1.29 is 4.79 Å². The van der Waals surface area contributed by atoms with Crippen molar-refractivity contribution >= 4 is 17.3 Å². The van der Waals surface area contributed by atoms with Crippen molar-refractivity contribution in [1.29, 1.82) is 5.41 Å². The van der Waals surface area contributed by atoms with Crippen LogP contribution in [0.25, 0.3) is 0 Å². The lowest BCUT2D eigenvalue weighted by atomic mass is 9.87. The molecule has 0 spiro atoms. The molecule has 0 unspecified atom stereocenters. The van der Waals surface area contributed by atoms with Gasteiger partial charge in [0.25, 0.3) is 5.91 Å². The minimum Gasteiger partial charge on any atom is -0.391 e. The van der Waals surface area contributed by atoms with Gasteiger partial charge in [-0.05, 0) is 37.0 Å². The van der Waals surface area contributed by atoms with Gasteiger partial charge in [0.15, 0.2) is 0 Å². The summed E-state index contributed by atoms with van der Waals surface area (Å²) in [7, 11) is 1.74. The zero-order chi connectivity index (χ0) is 16.2. The molecular weight excluding hydrogens is 262 g/mol. The van der Waals surface area contributed by atoms with E-state index in [0.717, 1.165) is 5.69 Å². The summed E-state index contributed by atoms with van der Waals surface area (Å²) in [5.74, 6) is -0.266. The van der Waals surface area contributed by atoms with Crippen LogP contribution in [-0.2, 0) is 10.2 Å². The van der Waals surface area contributed by atoms with Crippen molar-refractivity contribution in [2.24, 2.45) is 0 Å². The highest BCUT2D eigenvalue weighted by atomic mass is 16.1. The summed E-state index contributed by atoms with van der Waals surface area (Å²) < 4.78 is 0. The number of carbonyl (C=O) groups excluding carboxylic acids is 1.